The SMILES string of the molecule is CCC(C)CCC(C)CC(C)CO. The second-order valence-corrected chi connectivity index (χ2v) is 4.72. The minimum Gasteiger partial charge on any atom is -0.396 e. The van der Waals surface area contributed by atoms with Crippen molar-refractivity contribution in [3.05, 3.63) is 0 Å². The first kappa shape index (κ1) is 13.0. The minimum absolute atomic E-state index is 0.341. The van der Waals surface area contributed by atoms with E-state index >= 15 is 0 Å². The lowest BCUT2D eigenvalue weighted by molar-refractivity contribution is 0.210. The Morgan fingerprint density at radius 1 is 0.923 bits per heavy atom. The molecule has 0 aromatic carbocycles. The molecule has 0 amide bonds. The molecule has 0 aromatic heterocycles. The Labute approximate surface area is 83.5 Å². The number of hydrogen-bond donors (Lipinski definition) is 1. The molecule has 1 heteroatoms. The molecule has 80 valence electrons. The molecule has 3 unspecified atom stereocenters. The van der Waals surface area contributed by atoms with Crippen molar-refractivity contribution in [2.24, 2.45) is 17.8 Å². The average molecular weight is 186 g/mol. The van der Waals surface area contributed by atoms with Crippen molar-refractivity contribution in [2.45, 2.75) is 53.4 Å². The van der Waals surface area contributed by atoms with E-state index in [1.165, 1.54) is 25.7 Å². The van der Waals surface area contributed by atoms with Gasteiger partial charge in [0.2, 0.25) is 0 Å². The molecule has 0 saturated heterocycles. The van der Waals surface area contributed by atoms with E-state index in [0.717, 1.165) is 11.8 Å². The molecule has 0 rings (SSSR count). The molecular weight excluding hydrogens is 160 g/mol. The first-order valence-electron chi connectivity index (χ1n) is 5.70. The largest absolute Gasteiger partial charge is 0.396 e. The molecular formula is C12H26O. The zero-order valence-corrected chi connectivity index (χ0v) is 9.71. The Bertz CT molecular complexity index is 112. The maximum absolute atomic E-state index is 8.91. The molecule has 0 heterocycles. The monoisotopic (exact) mass is 186 g/mol. The molecule has 13 heavy (non-hydrogen) atoms. The van der Waals surface area contributed by atoms with Crippen molar-refractivity contribution >= 4 is 0 Å². The van der Waals surface area contributed by atoms with E-state index in [2.05, 4.69) is 27.7 Å². The van der Waals surface area contributed by atoms with Crippen LogP contribution in [0.3, 0.4) is 0 Å². The summed E-state index contributed by atoms with van der Waals surface area (Å²) in [4.78, 5) is 0. The number of aliphatic hydroxyl groups excluding tert-OH is 1. The molecule has 0 fully saturated rings. The fourth-order valence-electron chi connectivity index (χ4n) is 1.65. The first-order chi connectivity index (χ1) is 6.10. The third kappa shape index (κ3) is 7.06. The van der Waals surface area contributed by atoms with Gasteiger partial charge in [-0.2, -0.15) is 0 Å². The summed E-state index contributed by atoms with van der Waals surface area (Å²) in [5.41, 5.74) is 0. The van der Waals surface area contributed by atoms with Crippen LogP contribution in [0, 0.1) is 17.8 Å². The zero-order valence-electron chi connectivity index (χ0n) is 9.71. The van der Waals surface area contributed by atoms with Crippen molar-refractivity contribution < 1.29 is 5.11 Å². The number of rotatable bonds is 7. The summed E-state index contributed by atoms with van der Waals surface area (Å²) in [6, 6.07) is 0. The lowest BCUT2D eigenvalue weighted by atomic mass is 9.90. The van der Waals surface area contributed by atoms with Crippen LogP contribution in [-0.4, -0.2) is 11.7 Å². The second-order valence-electron chi connectivity index (χ2n) is 4.72. The highest BCUT2D eigenvalue weighted by atomic mass is 16.3. The van der Waals surface area contributed by atoms with Crippen LogP contribution >= 0.6 is 0 Å². The maximum Gasteiger partial charge on any atom is 0.0456 e. The van der Waals surface area contributed by atoms with Crippen molar-refractivity contribution in [1.29, 1.82) is 0 Å². The van der Waals surface area contributed by atoms with E-state index in [0.29, 0.717) is 12.5 Å². The van der Waals surface area contributed by atoms with E-state index in [9.17, 15) is 0 Å². The summed E-state index contributed by atoms with van der Waals surface area (Å²) in [5, 5.41) is 8.91. The van der Waals surface area contributed by atoms with E-state index in [4.69, 9.17) is 5.11 Å². The molecule has 0 aliphatic rings. The van der Waals surface area contributed by atoms with Crippen molar-refractivity contribution in [3.8, 4) is 0 Å². The summed E-state index contributed by atoms with van der Waals surface area (Å²) in [5.74, 6) is 2.12. The quantitative estimate of drug-likeness (QED) is 0.645. The average Bonchev–Trinajstić information content (AvgIpc) is 2.13. The van der Waals surface area contributed by atoms with Gasteiger partial charge in [-0.3, -0.25) is 0 Å². The minimum atomic E-state index is 0.341. The Morgan fingerprint density at radius 3 is 1.92 bits per heavy atom. The number of aliphatic hydroxyl groups is 1. The van der Waals surface area contributed by atoms with Gasteiger partial charge in [-0.15, -0.1) is 0 Å². The Morgan fingerprint density at radius 2 is 1.46 bits per heavy atom. The van der Waals surface area contributed by atoms with Gasteiger partial charge < -0.3 is 5.11 Å². The Balaban J connectivity index is 3.45. The highest BCUT2D eigenvalue weighted by molar-refractivity contribution is 4.60. The predicted octanol–water partition coefficient (Wildman–Crippen LogP) is 3.47. The van der Waals surface area contributed by atoms with Gasteiger partial charge in [-0.05, 0) is 24.2 Å². The van der Waals surface area contributed by atoms with E-state index in [-0.39, 0.29) is 0 Å². The van der Waals surface area contributed by atoms with Gasteiger partial charge in [0.05, 0.1) is 0 Å². The maximum atomic E-state index is 8.91. The molecule has 0 bridgehead atoms. The predicted molar refractivity (Wildman–Crippen MR) is 58.7 cm³/mol. The Kier molecular flexibility index (Phi) is 7.35. The third-order valence-corrected chi connectivity index (χ3v) is 2.97. The highest BCUT2D eigenvalue weighted by Gasteiger charge is 2.09. The van der Waals surface area contributed by atoms with E-state index < -0.39 is 0 Å². The van der Waals surface area contributed by atoms with Crippen LogP contribution in [0.1, 0.15) is 53.4 Å². The van der Waals surface area contributed by atoms with Crippen LogP contribution in [0.4, 0.5) is 0 Å². The summed E-state index contributed by atoms with van der Waals surface area (Å²) >= 11 is 0. The van der Waals surface area contributed by atoms with Gasteiger partial charge in [0.1, 0.15) is 0 Å². The van der Waals surface area contributed by atoms with Crippen molar-refractivity contribution in [3.63, 3.8) is 0 Å². The third-order valence-electron chi connectivity index (χ3n) is 2.97. The molecule has 0 spiro atoms. The fourth-order valence-corrected chi connectivity index (χ4v) is 1.65. The van der Waals surface area contributed by atoms with Crippen LogP contribution in [-0.2, 0) is 0 Å². The highest BCUT2D eigenvalue weighted by Crippen LogP contribution is 2.20. The standard InChI is InChI=1S/C12H26O/c1-5-10(2)6-7-11(3)8-12(4)9-13/h10-13H,5-9H2,1-4H3. The number of hydrogen-bond acceptors (Lipinski definition) is 1. The molecule has 0 saturated carbocycles. The summed E-state index contributed by atoms with van der Waals surface area (Å²) in [6.45, 7) is 9.34. The topological polar surface area (TPSA) is 20.2 Å². The molecule has 0 aliphatic heterocycles. The van der Waals surface area contributed by atoms with Gasteiger partial charge in [0.15, 0.2) is 0 Å². The smallest absolute Gasteiger partial charge is 0.0456 e. The second kappa shape index (κ2) is 7.37. The molecule has 3 atom stereocenters. The normalized spacial score (nSPS) is 18.2. The van der Waals surface area contributed by atoms with Crippen LogP contribution in [0.25, 0.3) is 0 Å². The van der Waals surface area contributed by atoms with Crippen LogP contribution in [0.2, 0.25) is 0 Å². The molecule has 0 radical (unpaired) electrons. The van der Waals surface area contributed by atoms with Crippen LogP contribution in [0.15, 0.2) is 0 Å². The van der Waals surface area contributed by atoms with Crippen molar-refractivity contribution in [2.75, 3.05) is 6.61 Å². The fraction of sp³-hybridized carbons (Fsp3) is 1.00. The zero-order chi connectivity index (χ0) is 10.3. The Hall–Kier alpha value is -0.0400. The van der Waals surface area contributed by atoms with Crippen LogP contribution in [0.5, 0.6) is 0 Å². The van der Waals surface area contributed by atoms with E-state index in [1.54, 1.807) is 0 Å². The summed E-state index contributed by atoms with van der Waals surface area (Å²) in [6.07, 6.45) is 5.13. The van der Waals surface area contributed by atoms with Gasteiger partial charge in [-0.1, -0.05) is 47.0 Å². The van der Waals surface area contributed by atoms with Gasteiger partial charge in [0.25, 0.3) is 0 Å². The van der Waals surface area contributed by atoms with Crippen LogP contribution < -0.4 is 0 Å². The molecule has 0 aromatic rings. The van der Waals surface area contributed by atoms with Gasteiger partial charge >= 0.3 is 0 Å². The lowest BCUT2D eigenvalue weighted by Crippen LogP contribution is -2.08. The molecule has 1 N–H and O–H groups in total. The summed E-state index contributed by atoms with van der Waals surface area (Å²) in [7, 11) is 0. The lowest BCUT2D eigenvalue weighted by Gasteiger charge is -2.17. The molecule has 0 aliphatic carbocycles. The summed E-state index contributed by atoms with van der Waals surface area (Å²) < 4.78 is 0. The van der Waals surface area contributed by atoms with Crippen molar-refractivity contribution in [1.82, 2.24) is 0 Å². The first-order valence-corrected chi connectivity index (χ1v) is 5.70. The van der Waals surface area contributed by atoms with Gasteiger partial charge in [-0.25, -0.2) is 0 Å². The molecule has 1 nitrogen and oxygen atoms in total. The van der Waals surface area contributed by atoms with Gasteiger partial charge in [0, 0.05) is 6.61 Å². The van der Waals surface area contributed by atoms with E-state index in [1.807, 2.05) is 0 Å².